The van der Waals surface area contributed by atoms with Crippen molar-refractivity contribution in [3.63, 3.8) is 0 Å². The van der Waals surface area contributed by atoms with Gasteiger partial charge >= 0.3 is 6.18 Å². The van der Waals surface area contributed by atoms with Gasteiger partial charge in [0.15, 0.2) is 0 Å². The van der Waals surface area contributed by atoms with Crippen LogP contribution in [0.1, 0.15) is 43.0 Å². The molecule has 0 unspecified atom stereocenters. The fourth-order valence-electron chi connectivity index (χ4n) is 2.64. The molecule has 8 heteroatoms. The second-order valence-corrected chi connectivity index (χ2v) is 5.87. The van der Waals surface area contributed by atoms with Gasteiger partial charge in [-0.05, 0) is 24.6 Å². The van der Waals surface area contributed by atoms with Gasteiger partial charge in [-0.15, -0.1) is 0 Å². The second kappa shape index (κ2) is 7.67. The lowest BCUT2D eigenvalue weighted by Gasteiger charge is -2.24. The molecule has 0 aliphatic carbocycles. The standard InChI is InChI=1S/C17H19F3N2O3/c1-2-3-9-21(11-17(18,19)20)16(25)12-5-4-6-13(10-12)22-14(23)7-8-15(22)24/h4-6,10H,2-3,7-9,11H2,1H3. The number of alkyl halides is 3. The minimum absolute atomic E-state index is 0.0132. The van der Waals surface area contributed by atoms with Crippen LogP contribution < -0.4 is 4.90 Å². The Morgan fingerprint density at radius 2 is 1.84 bits per heavy atom. The zero-order chi connectivity index (χ0) is 18.6. The predicted octanol–water partition coefficient (Wildman–Crippen LogP) is 3.14. The summed E-state index contributed by atoms with van der Waals surface area (Å²) in [6, 6.07) is 5.61. The zero-order valence-electron chi connectivity index (χ0n) is 13.8. The molecule has 136 valence electrons. The maximum Gasteiger partial charge on any atom is 0.406 e. The van der Waals surface area contributed by atoms with E-state index in [9.17, 15) is 27.6 Å². The van der Waals surface area contributed by atoms with Crippen molar-refractivity contribution in [2.45, 2.75) is 38.8 Å². The molecule has 0 radical (unpaired) electrons. The van der Waals surface area contributed by atoms with Crippen LogP contribution in [0.15, 0.2) is 24.3 Å². The van der Waals surface area contributed by atoms with Crippen LogP contribution >= 0.6 is 0 Å². The molecular weight excluding hydrogens is 337 g/mol. The van der Waals surface area contributed by atoms with Gasteiger partial charge in [0.2, 0.25) is 11.8 Å². The molecule has 1 fully saturated rings. The summed E-state index contributed by atoms with van der Waals surface area (Å²) < 4.78 is 38.2. The number of unbranched alkanes of at least 4 members (excludes halogenated alkanes) is 1. The van der Waals surface area contributed by atoms with E-state index in [1.54, 1.807) is 0 Å². The van der Waals surface area contributed by atoms with Gasteiger partial charge in [0.25, 0.3) is 5.91 Å². The Balaban J connectivity index is 2.26. The summed E-state index contributed by atoms with van der Waals surface area (Å²) in [6.07, 6.45) is -3.22. The molecule has 1 aromatic carbocycles. The van der Waals surface area contributed by atoms with E-state index in [4.69, 9.17) is 0 Å². The molecule has 1 aliphatic rings. The summed E-state index contributed by atoms with van der Waals surface area (Å²) in [4.78, 5) is 37.8. The molecule has 5 nitrogen and oxygen atoms in total. The minimum Gasteiger partial charge on any atom is -0.330 e. The first-order chi connectivity index (χ1) is 11.7. The average Bonchev–Trinajstić information content (AvgIpc) is 2.88. The number of halogens is 3. The highest BCUT2D eigenvalue weighted by Crippen LogP contribution is 2.25. The van der Waals surface area contributed by atoms with E-state index in [0.717, 1.165) is 9.80 Å². The molecule has 25 heavy (non-hydrogen) atoms. The number of amides is 3. The van der Waals surface area contributed by atoms with Crippen molar-refractivity contribution in [3.05, 3.63) is 29.8 Å². The highest BCUT2D eigenvalue weighted by atomic mass is 19.4. The molecule has 0 saturated carbocycles. The van der Waals surface area contributed by atoms with Crippen LogP contribution in [0.3, 0.4) is 0 Å². The number of benzene rings is 1. The number of imide groups is 1. The molecule has 0 aromatic heterocycles. The molecule has 1 saturated heterocycles. The van der Waals surface area contributed by atoms with Crippen LogP contribution in [-0.4, -0.2) is 41.9 Å². The van der Waals surface area contributed by atoms with Crippen LogP contribution in [0.4, 0.5) is 18.9 Å². The van der Waals surface area contributed by atoms with E-state index in [2.05, 4.69) is 0 Å². The first-order valence-electron chi connectivity index (χ1n) is 8.05. The number of anilines is 1. The number of carbonyl (C=O) groups is 3. The third kappa shape index (κ3) is 4.80. The molecule has 0 bridgehead atoms. The molecule has 0 N–H and O–H groups in total. The summed E-state index contributed by atoms with van der Waals surface area (Å²) >= 11 is 0. The van der Waals surface area contributed by atoms with Crippen LogP contribution in [0, 0.1) is 0 Å². The van der Waals surface area contributed by atoms with Gasteiger partial charge in [0.1, 0.15) is 6.54 Å². The van der Waals surface area contributed by atoms with Crippen molar-refractivity contribution < 1.29 is 27.6 Å². The lowest BCUT2D eigenvalue weighted by atomic mass is 10.1. The fraction of sp³-hybridized carbons (Fsp3) is 0.471. The lowest BCUT2D eigenvalue weighted by molar-refractivity contribution is -0.140. The fourth-order valence-corrected chi connectivity index (χ4v) is 2.64. The van der Waals surface area contributed by atoms with Crippen molar-refractivity contribution in [1.82, 2.24) is 4.90 Å². The van der Waals surface area contributed by atoms with Crippen LogP contribution in [0.25, 0.3) is 0 Å². The summed E-state index contributed by atoms with van der Waals surface area (Å²) in [7, 11) is 0. The molecule has 2 rings (SSSR count). The molecule has 0 atom stereocenters. The number of hydrogen-bond acceptors (Lipinski definition) is 3. The van der Waals surface area contributed by atoms with Gasteiger partial charge in [-0.1, -0.05) is 19.4 Å². The maximum atomic E-state index is 12.7. The first-order valence-corrected chi connectivity index (χ1v) is 8.05. The molecule has 0 spiro atoms. The van der Waals surface area contributed by atoms with Crippen molar-refractivity contribution in [1.29, 1.82) is 0 Å². The second-order valence-electron chi connectivity index (χ2n) is 5.87. The van der Waals surface area contributed by atoms with Crippen molar-refractivity contribution >= 4 is 23.4 Å². The van der Waals surface area contributed by atoms with E-state index < -0.39 is 18.6 Å². The van der Waals surface area contributed by atoms with Gasteiger partial charge in [-0.3, -0.25) is 19.3 Å². The van der Waals surface area contributed by atoms with Crippen molar-refractivity contribution in [2.24, 2.45) is 0 Å². The van der Waals surface area contributed by atoms with E-state index in [-0.39, 0.29) is 42.5 Å². The van der Waals surface area contributed by atoms with E-state index in [0.29, 0.717) is 12.8 Å². The minimum atomic E-state index is -4.50. The topological polar surface area (TPSA) is 57.7 Å². The number of carbonyl (C=O) groups excluding carboxylic acids is 3. The van der Waals surface area contributed by atoms with Gasteiger partial charge < -0.3 is 4.90 Å². The summed E-state index contributed by atoms with van der Waals surface area (Å²) in [5.74, 6) is -1.54. The Morgan fingerprint density at radius 1 is 1.20 bits per heavy atom. The number of nitrogens with zero attached hydrogens (tertiary/aromatic N) is 2. The quantitative estimate of drug-likeness (QED) is 0.736. The lowest BCUT2D eigenvalue weighted by Crippen LogP contribution is -2.39. The smallest absolute Gasteiger partial charge is 0.330 e. The Kier molecular flexibility index (Phi) is 5.81. The Bertz CT molecular complexity index is 657. The van der Waals surface area contributed by atoms with Crippen molar-refractivity contribution in [2.75, 3.05) is 18.0 Å². The molecule has 1 aliphatic heterocycles. The van der Waals surface area contributed by atoms with Gasteiger partial charge in [0, 0.05) is 24.9 Å². The largest absolute Gasteiger partial charge is 0.406 e. The van der Waals surface area contributed by atoms with E-state index >= 15 is 0 Å². The maximum absolute atomic E-state index is 12.7. The summed E-state index contributed by atoms with van der Waals surface area (Å²) in [5.41, 5.74) is 0.228. The highest BCUT2D eigenvalue weighted by Gasteiger charge is 2.34. The van der Waals surface area contributed by atoms with Crippen LogP contribution in [-0.2, 0) is 9.59 Å². The van der Waals surface area contributed by atoms with Crippen LogP contribution in [0.5, 0.6) is 0 Å². The predicted molar refractivity (Wildman–Crippen MR) is 85.0 cm³/mol. The van der Waals surface area contributed by atoms with Gasteiger partial charge in [-0.25, -0.2) is 0 Å². The molecular formula is C17H19F3N2O3. The number of rotatable bonds is 6. The normalized spacial score (nSPS) is 15.0. The molecule has 3 amide bonds. The Hall–Kier alpha value is -2.38. The Labute approximate surface area is 143 Å². The Morgan fingerprint density at radius 3 is 2.40 bits per heavy atom. The van der Waals surface area contributed by atoms with Gasteiger partial charge in [0.05, 0.1) is 5.69 Å². The first kappa shape index (κ1) is 19.0. The zero-order valence-corrected chi connectivity index (χ0v) is 13.8. The van der Waals surface area contributed by atoms with Crippen LogP contribution in [0.2, 0.25) is 0 Å². The molecule has 1 heterocycles. The van der Waals surface area contributed by atoms with E-state index in [1.165, 1.54) is 24.3 Å². The number of hydrogen-bond donors (Lipinski definition) is 0. The third-order valence-electron chi connectivity index (χ3n) is 3.84. The summed E-state index contributed by atoms with van der Waals surface area (Å²) in [6.45, 7) is 0.472. The third-order valence-corrected chi connectivity index (χ3v) is 3.84. The highest BCUT2D eigenvalue weighted by molar-refractivity contribution is 6.20. The van der Waals surface area contributed by atoms with Gasteiger partial charge in [-0.2, -0.15) is 13.2 Å². The average molecular weight is 356 g/mol. The van der Waals surface area contributed by atoms with E-state index in [1.807, 2.05) is 6.92 Å². The summed E-state index contributed by atoms with van der Waals surface area (Å²) in [5, 5.41) is 0. The van der Waals surface area contributed by atoms with Crippen molar-refractivity contribution in [3.8, 4) is 0 Å². The molecule has 1 aromatic rings. The monoisotopic (exact) mass is 356 g/mol. The SMILES string of the molecule is CCCCN(CC(F)(F)F)C(=O)c1cccc(N2C(=O)CCC2=O)c1.